The molecule has 2 amide bonds. The molecule has 0 spiro atoms. The Balaban J connectivity index is 1.87. The number of hydrogen-bond donors (Lipinski definition) is 3. The smallest absolute Gasteiger partial charge is 0.362 e. The average Bonchev–Trinajstić information content (AvgIpc) is 2.63. The molecule has 0 saturated heterocycles. The molecule has 3 N–H and O–H groups in total. The Morgan fingerprint density at radius 3 is 2.40 bits per heavy atom. The molecule has 0 aliphatic heterocycles. The molecule has 25 heavy (non-hydrogen) atoms. The van der Waals surface area contributed by atoms with E-state index >= 15 is 0 Å². The molecule has 7 nitrogen and oxygen atoms in total. The van der Waals surface area contributed by atoms with E-state index in [-0.39, 0.29) is 5.69 Å². The number of carbonyl (C=O) groups excluding carboxylic acids is 1. The average molecular weight is 339 g/mol. The van der Waals surface area contributed by atoms with E-state index in [2.05, 4.69) is 16.0 Å². The maximum absolute atomic E-state index is 12.2. The van der Waals surface area contributed by atoms with Crippen LogP contribution in [0.25, 0.3) is 11.0 Å². The van der Waals surface area contributed by atoms with Crippen LogP contribution in [0.2, 0.25) is 0 Å². The number of rotatable bonds is 4. The Kier molecular flexibility index (Phi) is 4.56. The number of amides is 2. The minimum Gasteiger partial charge on any atom is -0.497 e. The number of nitrogens with one attached hydrogen (secondary N) is 3. The second-order valence-electron chi connectivity index (χ2n) is 5.19. The van der Waals surface area contributed by atoms with Crippen LogP contribution in [-0.2, 0) is 0 Å². The summed E-state index contributed by atoms with van der Waals surface area (Å²) in [7, 11) is 3.24. The summed E-state index contributed by atoms with van der Waals surface area (Å²) in [5.41, 5.74) is 0.921. The van der Waals surface area contributed by atoms with Crippen molar-refractivity contribution in [2.75, 3.05) is 30.1 Å². The minimum atomic E-state index is -0.632. The summed E-state index contributed by atoms with van der Waals surface area (Å²) in [6.45, 7) is 0. The lowest BCUT2D eigenvalue weighted by molar-refractivity contribution is 0.262. The van der Waals surface area contributed by atoms with Crippen molar-refractivity contribution in [3.05, 3.63) is 59.0 Å². The van der Waals surface area contributed by atoms with Gasteiger partial charge in [-0.2, -0.15) is 0 Å². The van der Waals surface area contributed by atoms with Gasteiger partial charge in [-0.1, -0.05) is 12.1 Å². The van der Waals surface area contributed by atoms with Gasteiger partial charge in [0.05, 0.1) is 12.8 Å². The first-order valence-electron chi connectivity index (χ1n) is 7.58. The summed E-state index contributed by atoms with van der Waals surface area (Å²) in [5, 5.41) is 8.85. The fourth-order valence-corrected chi connectivity index (χ4v) is 2.47. The number of urea groups is 1. The summed E-state index contributed by atoms with van der Waals surface area (Å²) >= 11 is 0. The van der Waals surface area contributed by atoms with Crippen LogP contribution in [0.15, 0.2) is 57.7 Å². The maximum atomic E-state index is 12.2. The van der Waals surface area contributed by atoms with Crippen LogP contribution in [-0.4, -0.2) is 20.2 Å². The highest BCUT2D eigenvalue weighted by Crippen LogP contribution is 2.28. The second-order valence-corrected chi connectivity index (χ2v) is 5.19. The number of fused-ring (bicyclic) bond motifs is 1. The molecular formula is C18H17N3O4. The molecule has 0 saturated carbocycles. The Labute approximate surface area is 143 Å². The summed E-state index contributed by atoms with van der Waals surface area (Å²) < 4.78 is 10.3. The van der Waals surface area contributed by atoms with Gasteiger partial charge in [-0.25, -0.2) is 9.59 Å². The molecule has 0 aliphatic rings. The standard InChI is InChI=1S/C18H17N3O4/c1-19-15-13-5-3-4-6-14(13)25-17(22)16(15)21-18(23)20-11-7-9-12(24-2)10-8-11/h3-10,19H,1-2H3,(H2,20,21,23). The highest BCUT2D eigenvalue weighted by Gasteiger charge is 2.16. The number of methoxy groups -OCH3 is 1. The first-order chi connectivity index (χ1) is 12.1. The topological polar surface area (TPSA) is 92.6 Å². The lowest BCUT2D eigenvalue weighted by Crippen LogP contribution is -2.24. The van der Waals surface area contributed by atoms with E-state index in [4.69, 9.17) is 9.15 Å². The molecule has 2 aromatic carbocycles. The first-order valence-corrected chi connectivity index (χ1v) is 7.58. The van der Waals surface area contributed by atoms with Gasteiger partial charge < -0.3 is 19.8 Å². The predicted molar refractivity (Wildman–Crippen MR) is 97.7 cm³/mol. The molecule has 128 valence electrons. The van der Waals surface area contributed by atoms with Crippen molar-refractivity contribution in [3.63, 3.8) is 0 Å². The molecular weight excluding hydrogens is 322 g/mol. The highest BCUT2D eigenvalue weighted by atomic mass is 16.5. The normalized spacial score (nSPS) is 10.3. The van der Waals surface area contributed by atoms with Crippen LogP contribution in [0.3, 0.4) is 0 Å². The molecule has 0 aliphatic carbocycles. The lowest BCUT2D eigenvalue weighted by Gasteiger charge is -2.12. The maximum Gasteiger partial charge on any atom is 0.362 e. The van der Waals surface area contributed by atoms with Gasteiger partial charge in [-0.15, -0.1) is 0 Å². The lowest BCUT2D eigenvalue weighted by atomic mass is 10.2. The van der Waals surface area contributed by atoms with Gasteiger partial charge in [-0.05, 0) is 36.4 Å². The molecule has 1 aromatic heterocycles. The summed E-state index contributed by atoms with van der Waals surface area (Å²) in [4.78, 5) is 24.4. The zero-order chi connectivity index (χ0) is 17.8. The van der Waals surface area contributed by atoms with Crippen LogP contribution >= 0.6 is 0 Å². The summed E-state index contributed by atoms with van der Waals surface area (Å²) in [5.74, 6) is 0.679. The number of benzene rings is 2. The van der Waals surface area contributed by atoms with Crippen molar-refractivity contribution in [1.82, 2.24) is 0 Å². The number of ether oxygens (including phenoxy) is 1. The molecule has 0 unspecified atom stereocenters. The fourth-order valence-electron chi connectivity index (χ4n) is 2.47. The Morgan fingerprint density at radius 1 is 1.00 bits per heavy atom. The van der Waals surface area contributed by atoms with E-state index < -0.39 is 11.7 Å². The fraction of sp³-hybridized carbons (Fsp3) is 0.111. The highest BCUT2D eigenvalue weighted by molar-refractivity contribution is 6.05. The van der Waals surface area contributed by atoms with Crippen LogP contribution in [0.5, 0.6) is 5.75 Å². The SMILES string of the molecule is CNc1c(NC(=O)Nc2ccc(OC)cc2)c(=O)oc2ccccc12. The number of para-hydroxylation sites is 1. The van der Waals surface area contributed by atoms with E-state index in [0.717, 1.165) is 0 Å². The van der Waals surface area contributed by atoms with Gasteiger partial charge in [0.1, 0.15) is 11.3 Å². The van der Waals surface area contributed by atoms with Crippen LogP contribution < -0.4 is 26.3 Å². The van der Waals surface area contributed by atoms with Gasteiger partial charge in [0, 0.05) is 18.1 Å². The monoisotopic (exact) mass is 339 g/mol. The molecule has 0 radical (unpaired) electrons. The van der Waals surface area contributed by atoms with Gasteiger partial charge in [0.25, 0.3) is 0 Å². The van der Waals surface area contributed by atoms with E-state index in [0.29, 0.717) is 28.1 Å². The summed E-state index contributed by atoms with van der Waals surface area (Å²) in [6, 6.07) is 13.4. The van der Waals surface area contributed by atoms with Crippen molar-refractivity contribution in [2.24, 2.45) is 0 Å². The van der Waals surface area contributed by atoms with Crippen molar-refractivity contribution >= 4 is 34.1 Å². The Bertz CT molecular complexity index is 964. The Hall–Kier alpha value is -3.48. The Morgan fingerprint density at radius 2 is 1.72 bits per heavy atom. The molecule has 0 bridgehead atoms. The zero-order valence-electron chi connectivity index (χ0n) is 13.8. The third-order valence-corrected chi connectivity index (χ3v) is 3.65. The van der Waals surface area contributed by atoms with E-state index in [1.807, 2.05) is 6.07 Å². The van der Waals surface area contributed by atoms with Crippen LogP contribution in [0.1, 0.15) is 0 Å². The van der Waals surface area contributed by atoms with Gasteiger partial charge >= 0.3 is 11.7 Å². The van der Waals surface area contributed by atoms with Crippen molar-refractivity contribution in [3.8, 4) is 5.75 Å². The number of carbonyl (C=O) groups is 1. The summed E-state index contributed by atoms with van der Waals surface area (Å²) in [6.07, 6.45) is 0. The largest absolute Gasteiger partial charge is 0.497 e. The molecule has 0 atom stereocenters. The predicted octanol–water partition coefficient (Wildman–Crippen LogP) is 3.49. The molecule has 7 heteroatoms. The number of anilines is 3. The van der Waals surface area contributed by atoms with E-state index in [9.17, 15) is 9.59 Å². The minimum absolute atomic E-state index is 0.0483. The van der Waals surface area contributed by atoms with Crippen molar-refractivity contribution in [1.29, 1.82) is 0 Å². The van der Waals surface area contributed by atoms with Gasteiger partial charge in [-0.3, -0.25) is 5.32 Å². The second kappa shape index (κ2) is 6.96. The van der Waals surface area contributed by atoms with Crippen LogP contribution in [0.4, 0.5) is 21.9 Å². The molecule has 0 fully saturated rings. The van der Waals surface area contributed by atoms with Gasteiger partial charge in [0.15, 0.2) is 5.69 Å². The quantitative estimate of drug-likeness (QED) is 0.633. The van der Waals surface area contributed by atoms with Crippen molar-refractivity contribution in [2.45, 2.75) is 0 Å². The molecule has 3 aromatic rings. The van der Waals surface area contributed by atoms with Gasteiger partial charge in [0.2, 0.25) is 0 Å². The van der Waals surface area contributed by atoms with Crippen LogP contribution in [0, 0.1) is 0 Å². The molecule has 1 heterocycles. The van der Waals surface area contributed by atoms with E-state index in [1.165, 1.54) is 0 Å². The first kappa shape index (κ1) is 16.4. The molecule has 3 rings (SSSR count). The zero-order valence-corrected chi connectivity index (χ0v) is 13.8. The third kappa shape index (κ3) is 3.40. The van der Waals surface area contributed by atoms with Crippen molar-refractivity contribution < 1.29 is 13.9 Å². The third-order valence-electron chi connectivity index (χ3n) is 3.65. The number of hydrogen-bond acceptors (Lipinski definition) is 5. The van der Waals surface area contributed by atoms with E-state index in [1.54, 1.807) is 56.6 Å².